The molecule has 1 aromatic rings. The zero-order valence-electron chi connectivity index (χ0n) is 14.6. The number of ether oxygens (including phenoxy) is 1. The fraction of sp³-hybridized carbons (Fsp3) is 0.650. The molecule has 0 aliphatic rings. The lowest BCUT2D eigenvalue weighted by Crippen LogP contribution is -2.03. The zero-order valence-corrected chi connectivity index (χ0v) is 14.6. The Kier molecular flexibility index (Phi) is 9.61. The summed E-state index contributed by atoms with van der Waals surface area (Å²) in [5, 5.41) is 0. The zero-order chi connectivity index (χ0) is 16.2. The number of unbranched alkanes of at least 4 members (excludes halogenated alkanes) is 6. The van der Waals surface area contributed by atoms with Gasteiger partial charge in [0.2, 0.25) is 0 Å². The second-order valence-electron chi connectivity index (χ2n) is 6.61. The van der Waals surface area contributed by atoms with Crippen LogP contribution in [0.1, 0.15) is 77.7 Å². The van der Waals surface area contributed by atoms with Crippen LogP contribution in [0.3, 0.4) is 0 Å². The molecular weight excluding hydrogens is 272 g/mol. The van der Waals surface area contributed by atoms with E-state index in [2.05, 4.69) is 19.9 Å². The molecule has 0 radical (unpaired) electrons. The monoisotopic (exact) mass is 304 g/mol. The molecule has 22 heavy (non-hydrogen) atoms. The van der Waals surface area contributed by atoms with E-state index in [-0.39, 0.29) is 5.97 Å². The van der Waals surface area contributed by atoms with E-state index in [0.717, 1.165) is 23.7 Å². The third kappa shape index (κ3) is 8.86. The van der Waals surface area contributed by atoms with Gasteiger partial charge in [-0.05, 0) is 30.4 Å². The quantitative estimate of drug-likeness (QED) is 0.288. The van der Waals surface area contributed by atoms with Crippen molar-refractivity contribution in [2.24, 2.45) is 5.92 Å². The van der Waals surface area contributed by atoms with Gasteiger partial charge in [0.25, 0.3) is 0 Å². The maximum atomic E-state index is 11.1. The van der Waals surface area contributed by atoms with Gasteiger partial charge in [0, 0.05) is 6.92 Å². The smallest absolute Gasteiger partial charge is 0.308 e. The summed E-state index contributed by atoms with van der Waals surface area (Å²) in [5.74, 6) is 1.33. The van der Waals surface area contributed by atoms with Crippen LogP contribution in [0.5, 0.6) is 5.75 Å². The number of hydrogen-bond donors (Lipinski definition) is 0. The van der Waals surface area contributed by atoms with E-state index >= 15 is 0 Å². The van der Waals surface area contributed by atoms with Crippen LogP contribution in [0.25, 0.3) is 0 Å². The third-order valence-electron chi connectivity index (χ3n) is 3.95. The maximum Gasteiger partial charge on any atom is 0.308 e. The minimum atomic E-state index is -0.242. The molecule has 0 fully saturated rings. The van der Waals surface area contributed by atoms with Crippen molar-refractivity contribution >= 4 is 5.97 Å². The van der Waals surface area contributed by atoms with Gasteiger partial charge < -0.3 is 4.74 Å². The van der Waals surface area contributed by atoms with Gasteiger partial charge >= 0.3 is 5.97 Å². The van der Waals surface area contributed by atoms with Gasteiger partial charge in [-0.2, -0.15) is 0 Å². The molecule has 2 nitrogen and oxygen atoms in total. The van der Waals surface area contributed by atoms with Crippen molar-refractivity contribution in [3.63, 3.8) is 0 Å². The maximum absolute atomic E-state index is 11.1. The molecule has 0 unspecified atom stereocenters. The number of aryl methyl sites for hydroxylation is 1. The molecule has 0 aliphatic heterocycles. The van der Waals surface area contributed by atoms with E-state index in [1.807, 2.05) is 18.2 Å². The van der Waals surface area contributed by atoms with E-state index < -0.39 is 0 Å². The number of benzene rings is 1. The number of esters is 1. The molecule has 1 rings (SSSR count). The standard InChI is InChI=1S/C20H32O2/c1-17(2)13-9-7-5-4-6-8-10-14-19-15-11-12-16-20(19)22-18(3)21/h11-12,15-17H,4-10,13-14H2,1-3H3. The number of para-hydroxylation sites is 1. The van der Waals surface area contributed by atoms with Crippen LogP contribution in [-0.4, -0.2) is 5.97 Å². The van der Waals surface area contributed by atoms with Crippen molar-refractivity contribution in [3.8, 4) is 5.75 Å². The fourth-order valence-corrected chi connectivity index (χ4v) is 2.72. The molecule has 0 atom stereocenters. The molecule has 1 aromatic carbocycles. The summed E-state index contributed by atoms with van der Waals surface area (Å²) in [5.41, 5.74) is 1.15. The summed E-state index contributed by atoms with van der Waals surface area (Å²) in [7, 11) is 0. The second kappa shape index (κ2) is 11.3. The Morgan fingerprint density at radius 2 is 1.55 bits per heavy atom. The SMILES string of the molecule is CC(=O)Oc1ccccc1CCCCCCCCCC(C)C. The van der Waals surface area contributed by atoms with Crippen molar-refractivity contribution in [3.05, 3.63) is 29.8 Å². The first-order valence-corrected chi connectivity index (χ1v) is 8.86. The minimum Gasteiger partial charge on any atom is -0.426 e. The molecule has 0 spiro atoms. The summed E-state index contributed by atoms with van der Waals surface area (Å²) in [6, 6.07) is 7.87. The van der Waals surface area contributed by atoms with Gasteiger partial charge in [0.1, 0.15) is 5.75 Å². The summed E-state index contributed by atoms with van der Waals surface area (Å²) in [6.45, 7) is 6.05. The van der Waals surface area contributed by atoms with Crippen molar-refractivity contribution in [1.82, 2.24) is 0 Å². The van der Waals surface area contributed by atoms with Crippen LogP contribution in [0.2, 0.25) is 0 Å². The molecule has 0 N–H and O–H groups in total. The Labute approximate surface area is 136 Å². The van der Waals surface area contributed by atoms with Gasteiger partial charge in [-0.25, -0.2) is 0 Å². The largest absolute Gasteiger partial charge is 0.426 e. The average Bonchev–Trinajstić information content (AvgIpc) is 2.46. The van der Waals surface area contributed by atoms with Gasteiger partial charge in [0.15, 0.2) is 0 Å². The predicted molar refractivity (Wildman–Crippen MR) is 93.2 cm³/mol. The molecule has 0 aliphatic carbocycles. The topological polar surface area (TPSA) is 26.3 Å². The summed E-state index contributed by atoms with van der Waals surface area (Å²) in [4.78, 5) is 11.1. The van der Waals surface area contributed by atoms with Crippen LogP contribution in [0.4, 0.5) is 0 Å². The average molecular weight is 304 g/mol. The van der Waals surface area contributed by atoms with Crippen molar-refractivity contribution in [1.29, 1.82) is 0 Å². The van der Waals surface area contributed by atoms with E-state index in [1.54, 1.807) is 0 Å². The Bertz CT molecular complexity index is 423. The number of hydrogen-bond acceptors (Lipinski definition) is 2. The van der Waals surface area contributed by atoms with E-state index in [0.29, 0.717) is 0 Å². The molecule has 0 aromatic heterocycles. The Hall–Kier alpha value is -1.31. The number of carbonyl (C=O) groups is 1. The van der Waals surface area contributed by atoms with Crippen molar-refractivity contribution in [2.75, 3.05) is 0 Å². The summed E-state index contributed by atoms with van der Waals surface area (Å²) in [6.07, 6.45) is 11.6. The number of rotatable bonds is 11. The molecule has 0 amide bonds. The lowest BCUT2D eigenvalue weighted by Gasteiger charge is -2.08. The van der Waals surface area contributed by atoms with Gasteiger partial charge in [-0.3, -0.25) is 4.79 Å². The molecular formula is C20H32O2. The summed E-state index contributed by atoms with van der Waals surface area (Å²) < 4.78 is 5.25. The van der Waals surface area contributed by atoms with Crippen LogP contribution < -0.4 is 4.74 Å². The van der Waals surface area contributed by atoms with E-state index in [4.69, 9.17) is 4.74 Å². The van der Waals surface area contributed by atoms with Crippen LogP contribution in [0, 0.1) is 5.92 Å². The highest BCUT2D eigenvalue weighted by molar-refractivity contribution is 5.69. The normalized spacial score (nSPS) is 10.9. The van der Waals surface area contributed by atoms with Gasteiger partial charge in [0.05, 0.1) is 0 Å². The van der Waals surface area contributed by atoms with Crippen molar-refractivity contribution < 1.29 is 9.53 Å². The van der Waals surface area contributed by atoms with Crippen molar-refractivity contribution in [2.45, 2.75) is 78.6 Å². The first kappa shape index (κ1) is 18.7. The summed E-state index contributed by atoms with van der Waals surface area (Å²) >= 11 is 0. The molecule has 2 heteroatoms. The van der Waals surface area contributed by atoms with E-state index in [9.17, 15) is 4.79 Å². The van der Waals surface area contributed by atoms with Crippen LogP contribution in [0.15, 0.2) is 24.3 Å². The molecule has 0 bridgehead atoms. The number of carbonyl (C=O) groups excluding carboxylic acids is 1. The highest BCUT2D eigenvalue weighted by Gasteiger charge is 2.05. The van der Waals surface area contributed by atoms with E-state index in [1.165, 1.54) is 58.3 Å². The lowest BCUT2D eigenvalue weighted by atomic mass is 10.0. The first-order valence-electron chi connectivity index (χ1n) is 8.86. The molecule has 0 heterocycles. The molecule has 124 valence electrons. The van der Waals surface area contributed by atoms with Gasteiger partial charge in [-0.15, -0.1) is 0 Å². The highest BCUT2D eigenvalue weighted by atomic mass is 16.5. The minimum absolute atomic E-state index is 0.242. The predicted octanol–water partition coefficient (Wildman–Crippen LogP) is 5.93. The van der Waals surface area contributed by atoms with Gasteiger partial charge in [-0.1, -0.05) is 77.0 Å². The highest BCUT2D eigenvalue weighted by Crippen LogP contribution is 2.21. The molecule has 0 saturated carbocycles. The molecule has 0 saturated heterocycles. The second-order valence-corrected chi connectivity index (χ2v) is 6.61. The fourth-order valence-electron chi connectivity index (χ4n) is 2.72. The third-order valence-corrected chi connectivity index (χ3v) is 3.95. The van der Waals surface area contributed by atoms with Crippen LogP contribution >= 0.6 is 0 Å². The Morgan fingerprint density at radius 3 is 2.18 bits per heavy atom. The Balaban J connectivity index is 2.11. The van der Waals surface area contributed by atoms with Crippen LogP contribution in [-0.2, 0) is 11.2 Å². The lowest BCUT2D eigenvalue weighted by molar-refractivity contribution is -0.131. The first-order chi connectivity index (χ1) is 10.6. The Morgan fingerprint density at radius 1 is 0.955 bits per heavy atom.